The summed E-state index contributed by atoms with van der Waals surface area (Å²) in [5.74, 6) is 0.350. The van der Waals surface area contributed by atoms with Crippen molar-refractivity contribution in [3.8, 4) is 5.75 Å². The average Bonchev–Trinajstić information content (AvgIpc) is 2.56. The second kappa shape index (κ2) is 10.4. The molecule has 0 aliphatic carbocycles. The van der Waals surface area contributed by atoms with E-state index in [2.05, 4.69) is 6.92 Å². The number of carbonyl (C=O) groups excluding carboxylic acids is 1. The molecule has 25 heavy (non-hydrogen) atoms. The lowest BCUT2D eigenvalue weighted by atomic mass is 10.1. The van der Waals surface area contributed by atoms with Crippen LogP contribution in [0.2, 0.25) is 0 Å². The zero-order chi connectivity index (χ0) is 18.9. The van der Waals surface area contributed by atoms with Gasteiger partial charge in [-0.25, -0.2) is 0 Å². The van der Waals surface area contributed by atoms with E-state index < -0.39 is 10.1 Å². The first kappa shape index (κ1) is 21.5. The van der Waals surface area contributed by atoms with Crippen LogP contribution >= 0.6 is 0 Å². The molecule has 142 valence electrons. The van der Waals surface area contributed by atoms with Gasteiger partial charge in [-0.2, -0.15) is 8.42 Å². The molecule has 0 saturated carbocycles. The molecule has 0 heterocycles. The smallest absolute Gasteiger partial charge is 0.308 e. The van der Waals surface area contributed by atoms with Crippen LogP contribution in [0.15, 0.2) is 24.3 Å². The van der Waals surface area contributed by atoms with Gasteiger partial charge in [-0.3, -0.25) is 4.79 Å². The molecule has 0 atom stereocenters. The van der Waals surface area contributed by atoms with Gasteiger partial charge in [-0.05, 0) is 44.9 Å². The van der Waals surface area contributed by atoms with E-state index in [4.69, 9.17) is 4.18 Å². The van der Waals surface area contributed by atoms with Crippen molar-refractivity contribution in [3.05, 3.63) is 29.8 Å². The molecular formula is C19H31NO4S. The van der Waals surface area contributed by atoms with E-state index in [9.17, 15) is 13.2 Å². The van der Waals surface area contributed by atoms with Crippen molar-refractivity contribution < 1.29 is 17.4 Å². The first-order chi connectivity index (χ1) is 11.8. The number of nitrogens with zero attached hydrogens (tertiary/aromatic N) is 1. The van der Waals surface area contributed by atoms with Gasteiger partial charge in [0, 0.05) is 19.0 Å². The SMILES string of the molecule is CCCCCCC(=O)N(Cc1cccc(OS(=O)(=O)CC)c1)C(C)C. The van der Waals surface area contributed by atoms with Crippen molar-refractivity contribution >= 4 is 16.0 Å². The highest BCUT2D eigenvalue weighted by Gasteiger charge is 2.17. The zero-order valence-corrected chi connectivity index (χ0v) is 16.6. The third-order valence-corrected chi connectivity index (χ3v) is 5.17. The van der Waals surface area contributed by atoms with E-state index in [0.717, 1.165) is 31.2 Å². The van der Waals surface area contributed by atoms with E-state index in [1.165, 1.54) is 6.92 Å². The van der Waals surface area contributed by atoms with Gasteiger partial charge in [0.25, 0.3) is 0 Å². The van der Waals surface area contributed by atoms with Gasteiger partial charge in [-0.15, -0.1) is 0 Å². The molecular weight excluding hydrogens is 338 g/mol. The van der Waals surface area contributed by atoms with Crippen LogP contribution in [0.1, 0.15) is 65.4 Å². The van der Waals surface area contributed by atoms with Crippen LogP contribution in [-0.2, 0) is 21.5 Å². The Labute approximate surface area is 152 Å². The lowest BCUT2D eigenvalue weighted by Crippen LogP contribution is -2.36. The summed E-state index contributed by atoms with van der Waals surface area (Å²) in [5, 5.41) is 0. The second-order valence-corrected chi connectivity index (χ2v) is 8.36. The highest BCUT2D eigenvalue weighted by molar-refractivity contribution is 7.87. The fraction of sp³-hybridized carbons (Fsp3) is 0.632. The Morgan fingerprint density at radius 2 is 1.88 bits per heavy atom. The minimum atomic E-state index is -3.55. The number of amides is 1. The molecule has 1 aromatic rings. The van der Waals surface area contributed by atoms with Crippen LogP contribution in [0, 0.1) is 0 Å². The number of unbranched alkanes of at least 4 members (excludes halogenated alkanes) is 3. The van der Waals surface area contributed by atoms with Crippen LogP contribution in [0.3, 0.4) is 0 Å². The summed E-state index contributed by atoms with van der Waals surface area (Å²) in [6.07, 6.45) is 4.84. The van der Waals surface area contributed by atoms with E-state index in [1.54, 1.807) is 18.2 Å². The molecule has 0 N–H and O–H groups in total. The van der Waals surface area contributed by atoms with Gasteiger partial charge in [0.05, 0.1) is 5.75 Å². The Bertz CT molecular complexity index is 641. The molecule has 0 aromatic heterocycles. The summed E-state index contributed by atoms with van der Waals surface area (Å²) >= 11 is 0. The molecule has 0 saturated heterocycles. The largest absolute Gasteiger partial charge is 0.382 e. The molecule has 0 aliphatic heterocycles. The first-order valence-electron chi connectivity index (χ1n) is 9.09. The molecule has 6 heteroatoms. The van der Waals surface area contributed by atoms with Crippen LogP contribution in [0.25, 0.3) is 0 Å². The van der Waals surface area contributed by atoms with Crippen LogP contribution < -0.4 is 4.18 Å². The van der Waals surface area contributed by atoms with Crippen molar-refractivity contribution in [2.45, 2.75) is 72.4 Å². The van der Waals surface area contributed by atoms with Crippen molar-refractivity contribution in [2.75, 3.05) is 5.75 Å². The van der Waals surface area contributed by atoms with Gasteiger partial charge in [0.2, 0.25) is 5.91 Å². The molecule has 0 fully saturated rings. The zero-order valence-electron chi connectivity index (χ0n) is 15.8. The minimum absolute atomic E-state index is 0.0778. The summed E-state index contributed by atoms with van der Waals surface area (Å²) in [6, 6.07) is 7.02. The summed E-state index contributed by atoms with van der Waals surface area (Å²) in [6.45, 7) is 8.12. The van der Waals surface area contributed by atoms with E-state index in [1.807, 2.05) is 24.8 Å². The lowest BCUT2D eigenvalue weighted by molar-refractivity contribution is -0.133. The van der Waals surface area contributed by atoms with Crippen LogP contribution in [-0.4, -0.2) is 31.0 Å². The Balaban J connectivity index is 2.76. The topological polar surface area (TPSA) is 63.7 Å². The average molecular weight is 370 g/mol. The van der Waals surface area contributed by atoms with Crippen molar-refractivity contribution in [1.29, 1.82) is 0 Å². The summed E-state index contributed by atoms with van der Waals surface area (Å²) in [7, 11) is -3.55. The van der Waals surface area contributed by atoms with Gasteiger partial charge in [0.15, 0.2) is 0 Å². The predicted molar refractivity (Wildman–Crippen MR) is 101 cm³/mol. The molecule has 0 spiro atoms. The highest BCUT2D eigenvalue weighted by atomic mass is 32.2. The number of hydrogen-bond donors (Lipinski definition) is 0. The Morgan fingerprint density at radius 3 is 2.48 bits per heavy atom. The van der Waals surface area contributed by atoms with Crippen LogP contribution in [0.5, 0.6) is 5.75 Å². The van der Waals surface area contributed by atoms with Crippen LogP contribution in [0.4, 0.5) is 0 Å². The second-order valence-electron chi connectivity index (χ2n) is 6.50. The normalized spacial score (nSPS) is 11.6. The highest BCUT2D eigenvalue weighted by Crippen LogP contribution is 2.19. The fourth-order valence-corrected chi connectivity index (χ4v) is 3.02. The fourth-order valence-electron chi connectivity index (χ4n) is 2.50. The maximum Gasteiger partial charge on any atom is 0.308 e. The minimum Gasteiger partial charge on any atom is -0.382 e. The molecule has 0 unspecified atom stereocenters. The van der Waals surface area contributed by atoms with E-state index in [-0.39, 0.29) is 17.7 Å². The molecule has 1 rings (SSSR count). The third-order valence-electron chi connectivity index (χ3n) is 4.02. The summed E-state index contributed by atoms with van der Waals surface area (Å²) < 4.78 is 28.3. The number of benzene rings is 1. The Hall–Kier alpha value is -1.56. The molecule has 0 bridgehead atoms. The Kier molecular flexibility index (Phi) is 8.97. The number of rotatable bonds is 11. The maximum atomic E-state index is 12.5. The summed E-state index contributed by atoms with van der Waals surface area (Å²) in [5.41, 5.74) is 0.861. The molecule has 1 aromatic carbocycles. The van der Waals surface area contributed by atoms with Gasteiger partial charge < -0.3 is 9.08 Å². The number of carbonyl (C=O) groups is 1. The van der Waals surface area contributed by atoms with E-state index in [0.29, 0.717) is 18.7 Å². The quantitative estimate of drug-likeness (QED) is 0.435. The Morgan fingerprint density at radius 1 is 1.16 bits per heavy atom. The van der Waals surface area contributed by atoms with Crippen molar-refractivity contribution in [1.82, 2.24) is 4.90 Å². The van der Waals surface area contributed by atoms with Gasteiger partial charge in [-0.1, -0.05) is 38.3 Å². The standard InChI is InChI=1S/C19H31NO4S/c1-5-7-8-9-13-19(21)20(16(3)4)15-17-11-10-12-18(14-17)24-25(22,23)6-2/h10-12,14,16H,5-9,13,15H2,1-4H3. The molecule has 0 aliphatic rings. The van der Waals surface area contributed by atoms with Gasteiger partial charge in [0.1, 0.15) is 5.75 Å². The van der Waals surface area contributed by atoms with E-state index >= 15 is 0 Å². The maximum absolute atomic E-state index is 12.5. The molecule has 0 radical (unpaired) electrons. The lowest BCUT2D eigenvalue weighted by Gasteiger charge is -2.27. The molecule has 5 nitrogen and oxygen atoms in total. The van der Waals surface area contributed by atoms with Crippen molar-refractivity contribution in [3.63, 3.8) is 0 Å². The third kappa shape index (κ3) is 7.90. The monoisotopic (exact) mass is 369 g/mol. The molecule has 1 amide bonds. The number of hydrogen-bond acceptors (Lipinski definition) is 4. The van der Waals surface area contributed by atoms with Gasteiger partial charge >= 0.3 is 10.1 Å². The summed E-state index contributed by atoms with van der Waals surface area (Å²) in [4.78, 5) is 14.3. The predicted octanol–water partition coefficient (Wildman–Crippen LogP) is 4.12. The first-order valence-corrected chi connectivity index (χ1v) is 10.7. The van der Waals surface area contributed by atoms with Crippen molar-refractivity contribution in [2.24, 2.45) is 0 Å².